The third-order valence-electron chi connectivity index (χ3n) is 4.00. The summed E-state index contributed by atoms with van der Waals surface area (Å²) in [5, 5.41) is 13.2. The Balaban J connectivity index is 1.69. The Morgan fingerprint density at radius 1 is 1.45 bits per heavy atom. The number of aromatic nitrogens is 1. The molecular weight excluding hydrogens is 254 g/mol. The van der Waals surface area contributed by atoms with Crippen LogP contribution in [0.5, 0.6) is 0 Å². The molecule has 1 saturated carbocycles. The Morgan fingerprint density at radius 3 is 2.90 bits per heavy atom. The summed E-state index contributed by atoms with van der Waals surface area (Å²) in [7, 11) is 0. The third kappa shape index (κ3) is 2.42. The lowest BCUT2D eigenvalue weighted by Gasteiger charge is -2.18. The molecule has 1 aliphatic rings. The molecule has 1 aliphatic carbocycles. The van der Waals surface area contributed by atoms with Gasteiger partial charge in [-0.3, -0.25) is 4.79 Å². The molecule has 1 atom stereocenters. The minimum atomic E-state index is -0.599. The van der Waals surface area contributed by atoms with Crippen LogP contribution in [0, 0.1) is 0 Å². The first-order valence-corrected chi connectivity index (χ1v) is 6.87. The fraction of sp³-hybridized carbons (Fsp3) is 0.400. The van der Waals surface area contributed by atoms with Gasteiger partial charge in [-0.2, -0.15) is 0 Å². The van der Waals surface area contributed by atoms with Crippen LogP contribution in [0.25, 0.3) is 10.9 Å². The van der Waals surface area contributed by atoms with Crippen molar-refractivity contribution in [1.82, 2.24) is 10.3 Å². The number of aliphatic hydroxyl groups excluding tert-OH is 1. The Labute approximate surface area is 117 Å². The largest absolute Gasteiger partial charge is 0.394 e. The van der Waals surface area contributed by atoms with Crippen molar-refractivity contribution in [2.24, 2.45) is 5.73 Å². The normalized spacial score (nSPS) is 17.9. The zero-order valence-electron chi connectivity index (χ0n) is 11.2. The molecule has 1 heterocycles. The van der Waals surface area contributed by atoms with Crippen molar-refractivity contribution in [3.05, 3.63) is 36.0 Å². The van der Waals surface area contributed by atoms with Crippen LogP contribution in [0.3, 0.4) is 0 Å². The highest BCUT2D eigenvalue weighted by Gasteiger charge is 2.44. The van der Waals surface area contributed by atoms with Gasteiger partial charge in [0.2, 0.25) is 5.91 Å². The van der Waals surface area contributed by atoms with E-state index < -0.39 is 11.6 Å². The van der Waals surface area contributed by atoms with E-state index in [4.69, 9.17) is 5.73 Å². The van der Waals surface area contributed by atoms with Crippen molar-refractivity contribution in [3.8, 4) is 0 Å². The van der Waals surface area contributed by atoms with Crippen molar-refractivity contribution in [3.63, 3.8) is 0 Å². The third-order valence-corrected chi connectivity index (χ3v) is 4.00. The Hall–Kier alpha value is -1.85. The fourth-order valence-electron chi connectivity index (χ4n) is 2.46. The second-order valence-corrected chi connectivity index (χ2v) is 5.60. The Bertz CT molecular complexity index is 631. The van der Waals surface area contributed by atoms with E-state index in [0.717, 1.165) is 29.3 Å². The molecule has 5 heteroatoms. The van der Waals surface area contributed by atoms with Gasteiger partial charge in [0.25, 0.3) is 0 Å². The number of para-hydroxylation sites is 1. The van der Waals surface area contributed by atoms with E-state index in [1.807, 2.05) is 30.5 Å². The van der Waals surface area contributed by atoms with Gasteiger partial charge in [0.1, 0.15) is 0 Å². The summed E-state index contributed by atoms with van der Waals surface area (Å²) in [5.74, 6) is -0.193. The molecule has 20 heavy (non-hydrogen) atoms. The van der Waals surface area contributed by atoms with Gasteiger partial charge in [0.05, 0.1) is 18.2 Å². The number of aliphatic hydroxyl groups is 1. The summed E-state index contributed by atoms with van der Waals surface area (Å²) >= 11 is 0. The van der Waals surface area contributed by atoms with Gasteiger partial charge in [-0.1, -0.05) is 18.2 Å². The molecular formula is C15H19N3O2. The molecule has 0 saturated heterocycles. The molecule has 1 aromatic carbocycles. The number of amides is 1. The first kappa shape index (κ1) is 13.1. The summed E-state index contributed by atoms with van der Waals surface area (Å²) < 4.78 is 0. The van der Waals surface area contributed by atoms with Gasteiger partial charge >= 0.3 is 0 Å². The average molecular weight is 273 g/mol. The molecule has 0 radical (unpaired) electrons. The van der Waals surface area contributed by atoms with Gasteiger partial charge in [0, 0.05) is 17.1 Å². The number of benzene rings is 1. The Morgan fingerprint density at radius 2 is 2.20 bits per heavy atom. The lowest BCUT2D eigenvalue weighted by Crippen LogP contribution is -2.49. The minimum absolute atomic E-state index is 0.0153. The number of fused-ring (bicyclic) bond motifs is 1. The van der Waals surface area contributed by atoms with Gasteiger partial charge in [-0.05, 0) is 30.9 Å². The van der Waals surface area contributed by atoms with Crippen molar-refractivity contribution < 1.29 is 9.90 Å². The molecule has 0 aliphatic heterocycles. The maximum Gasteiger partial charge on any atom is 0.237 e. The molecule has 0 spiro atoms. The molecule has 3 rings (SSSR count). The average Bonchev–Trinajstić information content (AvgIpc) is 3.13. The van der Waals surface area contributed by atoms with Gasteiger partial charge in [0.15, 0.2) is 0 Å². The van der Waals surface area contributed by atoms with Crippen molar-refractivity contribution in [2.75, 3.05) is 6.61 Å². The standard InChI is InChI=1S/C15H19N3O2/c16-12(14(20)18-15(9-19)5-6-15)7-10-8-17-13-4-2-1-3-11(10)13/h1-4,8,12,17,19H,5-7,9,16H2,(H,18,20)/t12-/m0/s1. The summed E-state index contributed by atoms with van der Waals surface area (Å²) in [6, 6.07) is 7.35. The number of hydrogen-bond acceptors (Lipinski definition) is 3. The maximum absolute atomic E-state index is 12.1. The van der Waals surface area contributed by atoms with Crippen LogP contribution < -0.4 is 11.1 Å². The number of nitrogens with one attached hydrogen (secondary N) is 2. The number of carbonyl (C=O) groups excluding carboxylic acids is 1. The van der Waals surface area contributed by atoms with E-state index in [9.17, 15) is 9.90 Å². The zero-order chi connectivity index (χ0) is 14.2. The molecule has 2 aromatic rings. The molecule has 1 aromatic heterocycles. The topological polar surface area (TPSA) is 91.1 Å². The SMILES string of the molecule is N[C@@H](Cc1c[nH]c2ccccc12)C(=O)NC1(CO)CC1. The molecule has 1 fully saturated rings. The molecule has 106 valence electrons. The van der Waals surface area contributed by atoms with Gasteiger partial charge < -0.3 is 21.1 Å². The van der Waals surface area contributed by atoms with Crippen LogP contribution >= 0.6 is 0 Å². The quantitative estimate of drug-likeness (QED) is 0.645. The smallest absolute Gasteiger partial charge is 0.237 e. The fourth-order valence-corrected chi connectivity index (χ4v) is 2.46. The zero-order valence-corrected chi connectivity index (χ0v) is 11.2. The summed E-state index contributed by atoms with van der Waals surface area (Å²) in [5.41, 5.74) is 7.66. The monoisotopic (exact) mass is 273 g/mol. The van der Waals surface area contributed by atoms with E-state index in [2.05, 4.69) is 10.3 Å². The molecule has 5 nitrogen and oxygen atoms in total. The van der Waals surface area contributed by atoms with Crippen LogP contribution in [0.15, 0.2) is 30.5 Å². The second kappa shape index (κ2) is 4.92. The predicted octanol–water partition coefficient (Wildman–Crippen LogP) is 0.679. The highest BCUT2D eigenvalue weighted by molar-refractivity contribution is 5.86. The summed E-state index contributed by atoms with van der Waals surface area (Å²) in [4.78, 5) is 15.2. The summed E-state index contributed by atoms with van der Waals surface area (Å²) in [6.45, 7) is -0.0153. The number of nitrogens with two attached hydrogens (primary N) is 1. The lowest BCUT2D eigenvalue weighted by molar-refractivity contribution is -0.123. The molecule has 1 amide bonds. The van der Waals surface area contributed by atoms with Crippen LogP contribution in [-0.4, -0.2) is 34.2 Å². The number of rotatable bonds is 5. The predicted molar refractivity (Wildman–Crippen MR) is 77.2 cm³/mol. The molecule has 0 unspecified atom stereocenters. The van der Waals surface area contributed by atoms with Crippen molar-refractivity contribution in [1.29, 1.82) is 0 Å². The second-order valence-electron chi connectivity index (χ2n) is 5.60. The number of H-pyrrole nitrogens is 1. The van der Waals surface area contributed by atoms with Crippen LogP contribution in [-0.2, 0) is 11.2 Å². The minimum Gasteiger partial charge on any atom is -0.394 e. The van der Waals surface area contributed by atoms with E-state index in [1.54, 1.807) is 0 Å². The van der Waals surface area contributed by atoms with Crippen molar-refractivity contribution >= 4 is 16.8 Å². The first-order chi connectivity index (χ1) is 9.63. The maximum atomic E-state index is 12.1. The molecule has 5 N–H and O–H groups in total. The molecule has 0 bridgehead atoms. The number of aromatic amines is 1. The van der Waals surface area contributed by atoms with Crippen molar-refractivity contribution in [2.45, 2.75) is 30.8 Å². The van der Waals surface area contributed by atoms with Crippen LogP contribution in [0.1, 0.15) is 18.4 Å². The van der Waals surface area contributed by atoms with E-state index in [-0.39, 0.29) is 12.5 Å². The Kier molecular flexibility index (Phi) is 3.23. The number of hydrogen-bond donors (Lipinski definition) is 4. The first-order valence-electron chi connectivity index (χ1n) is 6.87. The summed E-state index contributed by atoms with van der Waals surface area (Å²) in [6.07, 6.45) is 4.04. The van der Waals surface area contributed by atoms with E-state index in [0.29, 0.717) is 6.42 Å². The van der Waals surface area contributed by atoms with Crippen LogP contribution in [0.2, 0.25) is 0 Å². The van der Waals surface area contributed by atoms with Crippen LogP contribution in [0.4, 0.5) is 0 Å². The number of carbonyl (C=O) groups is 1. The van der Waals surface area contributed by atoms with Gasteiger partial charge in [-0.15, -0.1) is 0 Å². The highest BCUT2D eigenvalue weighted by atomic mass is 16.3. The highest BCUT2D eigenvalue weighted by Crippen LogP contribution is 2.34. The van der Waals surface area contributed by atoms with Gasteiger partial charge in [-0.25, -0.2) is 0 Å². The van der Waals surface area contributed by atoms with E-state index >= 15 is 0 Å². The lowest BCUT2D eigenvalue weighted by atomic mass is 10.0. The van der Waals surface area contributed by atoms with E-state index in [1.165, 1.54) is 0 Å².